The summed E-state index contributed by atoms with van der Waals surface area (Å²) in [5.41, 5.74) is 0. The van der Waals surface area contributed by atoms with E-state index in [9.17, 15) is 9.59 Å². The largest absolute Gasteiger partial charge is 0.494 e. The molecule has 156 valence electrons. The molecular formula is C20H30ClN3O4. The van der Waals surface area contributed by atoms with Crippen LogP contribution in [0.3, 0.4) is 0 Å². The number of ether oxygens (including phenoxy) is 2. The maximum absolute atomic E-state index is 12.6. The van der Waals surface area contributed by atoms with E-state index in [2.05, 4.69) is 12.2 Å². The van der Waals surface area contributed by atoms with Crippen molar-refractivity contribution in [1.29, 1.82) is 0 Å². The summed E-state index contributed by atoms with van der Waals surface area (Å²) in [7, 11) is 0. The first-order valence-electron chi connectivity index (χ1n) is 9.81. The quantitative estimate of drug-likeness (QED) is 0.739. The summed E-state index contributed by atoms with van der Waals surface area (Å²) in [5, 5.41) is 3.09. The van der Waals surface area contributed by atoms with E-state index in [1.54, 1.807) is 0 Å². The molecule has 2 aliphatic rings. The lowest BCUT2D eigenvalue weighted by Gasteiger charge is -2.41. The zero-order valence-corrected chi connectivity index (χ0v) is 17.2. The van der Waals surface area contributed by atoms with Crippen LogP contribution in [0.4, 0.5) is 0 Å². The number of rotatable bonds is 7. The van der Waals surface area contributed by atoms with E-state index in [4.69, 9.17) is 9.47 Å². The summed E-state index contributed by atoms with van der Waals surface area (Å²) in [6, 6.07) is 7.45. The number of hydrogen-bond acceptors (Lipinski definition) is 5. The van der Waals surface area contributed by atoms with Gasteiger partial charge in [0, 0.05) is 32.2 Å². The molecule has 1 N–H and O–H groups in total. The molecule has 1 unspecified atom stereocenters. The summed E-state index contributed by atoms with van der Waals surface area (Å²) < 4.78 is 11.2. The molecule has 7 nitrogen and oxygen atoms in total. The molecule has 0 spiro atoms. The van der Waals surface area contributed by atoms with E-state index >= 15 is 0 Å². The van der Waals surface area contributed by atoms with Crippen molar-refractivity contribution in [2.45, 2.75) is 32.2 Å². The summed E-state index contributed by atoms with van der Waals surface area (Å²) >= 11 is 0. The summed E-state index contributed by atoms with van der Waals surface area (Å²) in [4.78, 5) is 28.4. The number of likely N-dealkylation sites (tertiary alicyclic amines) is 1. The van der Waals surface area contributed by atoms with Gasteiger partial charge in [-0.3, -0.25) is 9.59 Å². The van der Waals surface area contributed by atoms with Crippen molar-refractivity contribution in [2.24, 2.45) is 0 Å². The van der Waals surface area contributed by atoms with Gasteiger partial charge in [0.2, 0.25) is 5.91 Å². The van der Waals surface area contributed by atoms with E-state index in [0.29, 0.717) is 32.0 Å². The Balaban J connectivity index is 0.00000280. The fraction of sp³-hybridized carbons (Fsp3) is 0.600. The lowest BCUT2D eigenvalue weighted by Crippen LogP contribution is -2.57. The van der Waals surface area contributed by atoms with Crippen LogP contribution < -0.4 is 14.8 Å². The molecule has 1 atom stereocenters. The van der Waals surface area contributed by atoms with Gasteiger partial charge in [-0.05, 0) is 43.5 Å². The minimum absolute atomic E-state index is 0. The van der Waals surface area contributed by atoms with E-state index in [-0.39, 0.29) is 36.9 Å². The summed E-state index contributed by atoms with van der Waals surface area (Å²) in [6.07, 6.45) is 2.83. The predicted octanol–water partition coefficient (Wildman–Crippen LogP) is 1.70. The molecule has 2 saturated heterocycles. The Morgan fingerprint density at radius 3 is 2.57 bits per heavy atom. The number of piperidine rings is 1. The molecule has 8 heteroatoms. The molecule has 0 bridgehead atoms. The first-order valence-corrected chi connectivity index (χ1v) is 9.81. The van der Waals surface area contributed by atoms with Crippen molar-refractivity contribution in [3.8, 4) is 11.5 Å². The second-order valence-electron chi connectivity index (χ2n) is 7.01. The van der Waals surface area contributed by atoms with Gasteiger partial charge in [-0.15, -0.1) is 12.4 Å². The minimum atomic E-state index is -0.0337. The Labute approximate surface area is 172 Å². The summed E-state index contributed by atoms with van der Waals surface area (Å²) in [5.74, 6) is 1.55. The first kappa shape index (κ1) is 22.3. The second-order valence-corrected chi connectivity index (χ2v) is 7.01. The lowest BCUT2D eigenvalue weighted by atomic mass is 10.0. The molecule has 0 saturated carbocycles. The van der Waals surface area contributed by atoms with Crippen molar-refractivity contribution >= 4 is 24.2 Å². The minimum Gasteiger partial charge on any atom is -0.494 e. The second kappa shape index (κ2) is 11.1. The van der Waals surface area contributed by atoms with Gasteiger partial charge < -0.3 is 24.6 Å². The van der Waals surface area contributed by atoms with Gasteiger partial charge in [-0.1, -0.05) is 6.92 Å². The molecule has 0 aromatic heterocycles. The molecule has 0 aliphatic carbocycles. The third-order valence-corrected chi connectivity index (χ3v) is 4.97. The van der Waals surface area contributed by atoms with Gasteiger partial charge in [-0.2, -0.15) is 0 Å². The highest BCUT2D eigenvalue weighted by molar-refractivity contribution is 5.85. The molecule has 2 fully saturated rings. The number of carbonyl (C=O) groups excluding carboxylic acids is 2. The van der Waals surface area contributed by atoms with Gasteiger partial charge in [0.05, 0.1) is 13.2 Å². The van der Waals surface area contributed by atoms with E-state index in [0.717, 1.165) is 38.1 Å². The van der Waals surface area contributed by atoms with Crippen LogP contribution in [0.25, 0.3) is 0 Å². The maximum atomic E-state index is 12.6. The number of piperazine rings is 1. The van der Waals surface area contributed by atoms with Crippen LogP contribution in [0, 0.1) is 0 Å². The van der Waals surface area contributed by atoms with Crippen molar-refractivity contribution in [2.75, 3.05) is 45.9 Å². The van der Waals surface area contributed by atoms with Crippen LogP contribution in [0.5, 0.6) is 11.5 Å². The fourth-order valence-corrected chi connectivity index (χ4v) is 3.53. The van der Waals surface area contributed by atoms with Crippen LogP contribution in [0.2, 0.25) is 0 Å². The van der Waals surface area contributed by atoms with Gasteiger partial charge in [0.1, 0.15) is 11.5 Å². The highest BCUT2D eigenvalue weighted by Crippen LogP contribution is 2.19. The highest BCUT2D eigenvalue weighted by atomic mass is 35.5. The number of halogens is 1. The van der Waals surface area contributed by atoms with Crippen molar-refractivity contribution < 1.29 is 19.1 Å². The molecule has 2 heterocycles. The number of nitrogens with zero attached hydrogens (tertiary/aromatic N) is 2. The SMILES string of the molecule is CCCOc1ccc(OCC(=O)N2CCCC(N3CCNCC3=O)C2)cc1.Cl. The third-order valence-electron chi connectivity index (χ3n) is 4.97. The maximum Gasteiger partial charge on any atom is 0.260 e. The van der Waals surface area contributed by atoms with Crippen molar-refractivity contribution in [3.05, 3.63) is 24.3 Å². The van der Waals surface area contributed by atoms with Crippen LogP contribution in [-0.4, -0.2) is 73.6 Å². The molecule has 1 aromatic carbocycles. The Hall–Kier alpha value is -1.99. The van der Waals surface area contributed by atoms with E-state index in [1.165, 1.54) is 0 Å². The average molecular weight is 412 g/mol. The average Bonchev–Trinajstić information content (AvgIpc) is 2.71. The van der Waals surface area contributed by atoms with Gasteiger partial charge in [0.25, 0.3) is 5.91 Å². The van der Waals surface area contributed by atoms with Gasteiger partial charge in [0.15, 0.2) is 6.61 Å². The number of benzene rings is 1. The molecule has 28 heavy (non-hydrogen) atoms. The fourth-order valence-electron chi connectivity index (χ4n) is 3.53. The van der Waals surface area contributed by atoms with Gasteiger partial charge in [-0.25, -0.2) is 0 Å². The highest BCUT2D eigenvalue weighted by Gasteiger charge is 2.31. The number of nitrogens with one attached hydrogen (secondary N) is 1. The standard InChI is InChI=1S/C20H29N3O4.ClH/c1-2-12-26-17-5-7-18(8-6-17)27-15-20(25)22-10-3-4-16(14-22)23-11-9-21-13-19(23)24;/h5-8,16,21H,2-4,9-15H2,1H3;1H. The Bertz CT molecular complexity index is 641. The van der Waals surface area contributed by atoms with E-state index < -0.39 is 0 Å². The smallest absolute Gasteiger partial charge is 0.260 e. The topological polar surface area (TPSA) is 71.1 Å². The van der Waals surface area contributed by atoms with Crippen LogP contribution >= 0.6 is 12.4 Å². The van der Waals surface area contributed by atoms with Crippen LogP contribution in [0.1, 0.15) is 26.2 Å². The number of hydrogen-bond donors (Lipinski definition) is 1. The van der Waals surface area contributed by atoms with Crippen LogP contribution in [-0.2, 0) is 9.59 Å². The first-order chi connectivity index (χ1) is 13.2. The lowest BCUT2D eigenvalue weighted by molar-refractivity contribution is -0.141. The zero-order chi connectivity index (χ0) is 19.1. The van der Waals surface area contributed by atoms with Gasteiger partial charge >= 0.3 is 0 Å². The van der Waals surface area contributed by atoms with Crippen LogP contribution in [0.15, 0.2) is 24.3 Å². The molecule has 0 radical (unpaired) electrons. The summed E-state index contributed by atoms with van der Waals surface area (Å²) in [6.45, 7) is 6.01. The third kappa shape index (κ3) is 6.01. The molecular weight excluding hydrogens is 382 g/mol. The molecule has 3 rings (SSSR count). The predicted molar refractivity (Wildman–Crippen MR) is 109 cm³/mol. The number of amides is 2. The van der Waals surface area contributed by atoms with E-state index in [1.807, 2.05) is 34.1 Å². The number of carbonyl (C=O) groups is 2. The Morgan fingerprint density at radius 1 is 1.18 bits per heavy atom. The Morgan fingerprint density at radius 2 is 1.89 bits per heavy atom. The zero-order valence-electron chi connectivity index (χ0n) is 16.4. The molecule has 1 aromatic rings. The molecule has 2 amide bonds. The van der Waals surface area contributed by atoms with Crippen molar-refractivity contribution in [1.82, 2.24) is 15.1 Å². The van der Waals surface area contributed by atoms with Crippen molar-refractivity contribution in [3.63, 3.8) is 0 Å². The monoisotopic (exact) mass is 411 g/mol. The normalized spacial score (nSPS) is 19.8. The molecule has 2 aliphatic heterocycles. The Kier molecular flexibility index (Phi) is 8.86.